The van der Waals surface area contributed by atoms with Gasteiger partial charge < -0.3 is 0 Å². The van der Waals surface area contributed by atoms with Gasteiger partial charge in [0.25, 0.3) is 0 Å². The first kappa shape index (κ1) is 13.9. The van der Waals surface area contributed by atoms with Gasteiger partial charge in [0.15, 0.2) is 0 Å². The Labute approximate surface area is 138 Å². The fourth-order valence-corrected chi connectivity index (χ4v) is 3.16. The molecule has 0 heterocycles. The number of aliphatic imine (C=N–C) groups is 2. The zero-order chi connectivity index (χ0) is 16.5. The number of hydrogen-bond donors (Lipinski definition) is 0. The van der Waals surface area contributed by atoms with E-state index in [1.54, 1.807) is 0 Å². The molecular formula is C20H10N4. The summed E-state index contributed by atoms with van der Waals surface area (Å²) in [6, 6.07) is 19.6. The Morgan fingerprint density at radius 3 is 1.42 bits per heavy atom. The van der Waals surface area contributed by atoms with E-state index in [1.165, 1.54) is 0 Å². The predicted molar refractivity (Wildman–Crippen MR) is 92.9 cm³/mol. The maximum atomic E-state index is 9.13. The third kappa shape index (κ3) is 1.99. The zero-order valence-corrected chi connectivity index (χ0v) is 12.6. The number of hydrogen-bond acceptors (Lipinski definition) is 4. The Bertz CT molecular complexity index is 1030. The molecule has 0 aliphatic heterocycles. The number of benzene rings is 3. The van der Waals surface area contributed by atoms with Gasteiger partial charge in [-0.15, -0.1) is 0 Å². The molecule has 0 N–H and O–H groups in total. The monoisotopic (exact) mass is 306 g/mol. The van der Waals surface area contributed by atoms with E-state index < -0.39 is 0 Å². The van der Waals surface area contributed by atoms with Gasteiger partial charge >= 0.3 is 0 Å². The van der Waals surface area contributed by atoms with Crippen molar-refractivity contribution in [3.8, 4) is 12.4 Å². The summed E-state index contributed by atoms with van der Waals surface area (Å²) in [6.07, 6.45) is 3.79. The molecule has 24 heavy (non-hydrogen) atoms. The Hall–Kier alpha value is -3.76. The molecule has 0 bridgehead atoms. The van der Waals surface area contributed by atoms with E-state index in [4.69, 9.17) is 10.5 Å². The highest BCUT2D eigenvalue weighted by atomic mass is 14.8. The second kappa shape index (κ2) is 5.46. The molecule has 4 heteroatoms. The highest BCUT2D eigenvalue weighted by molar-refractivity contribution is 6.32. The van der Waals surface area contributed by atoms with Crippen LogP contribution in [-0.4, -0.2) is 11.4 Å². The molecule has 0 atom stereocenters. The molecular weight excluding hydrogens is 296 g/mol. The SMILES string of the molecule is N#CN=C1c2ccccc2C(=NC#N)c2cc3ccccc3cc21. The summed E-state index contributed by atoms with van der Waals surface area (Å²) >= 11 is 0. The summed E-state index contributed by atoms with van der Waals surface area (Å²) in [4.78, 5) is 8.10. The standard InChI is InChI=1S/C20H10N4/c21-11-23-19-15-7-3-4-8-16(15)20(24-12-22)18-10-14-6-2-1-5-13(14)9-17(18)19/h1-10H. The third-order valence-electron chi connectivity index (χ3n) is 4.16. The van der Waals surface area contributed by atoms with Gasteiger partial charge in [0, 0.05) is 22.3 Å². The summed E-state index contributed by atoms with van der Waals surface area (Å²) < 4.78 is 0. The van der Waals surface area contributed by atoms with Crippen LogP contribution in [0, 0.1) is 22.9 Å². The Balaban J connectivity index is 2.16. The topological polar surface area (TPSA) is 72.3 Å². The lowest BCUT2D eigenvalue weighted by Gasteiger charge is -2.22. The summed E-state index contributed by atoms with van der Waals surface area (Å²) in [5.74, 6) is 0. The van der Waals surface area contributed by atoms with Crippen LogP contribution < -0.4 is 0 Å². The van der Waals surface area contributed by atoms with Crippen LogP contribution in [0.4, 0.5) is 0 Å². The third-order valence-corrected chi connectivity index (χ3v) is 4.16. The molecule has 1 aliphatic carbocycles. The van der Waals surface area contributed by atoms with Crippen LogP contribution in [0.1, 0.15) is 22.3 Å². The van der Waals surface area contributed by atoms with Crippen molar-refractivity contribution >= 4 is 22.2 Å². The Morgan fingerprint density at radius 2 is 1.00 bits per heavy atom. The molecule has 3 aromatic rings. The average molecular weight is 306 g/mol. The van der Waals surface area contributed by atoms with Crippen molar-refractivity contribution in [1.82, 2.24) is 0 Å². The van der Waals surface area contributed by atoms with Crippen molar-refractivity contribution in [1.29, 1.82) is 10.5 Å². The van der Waals surface area contributed by atoms with Gasteiger partial charge in [-0.2, -0.15) is 20.5 Å². The lowest BCUT2D eigenvalue weighted by Crippen LogP contribution is -2.22. The van der Waals surface area contributed by atoms with Gasteiger partial charge in [-0.25, -0.2) is 0 Å². The molecule has 0 radical (unpaired) electrons. The molecule has 0 unspecified atom stereocenters. The van der Waals surface area contributed by atoms with Gasteiger partial charge in [0.05, 0.1) is 11.4 Å². The van der Waals surface area contributed by atoms with E-state index in [0.29, 0.717) is 11.4 Å². The minimum atomic E-state index is 0.616. The van der Waals surface area contributed by atoms with Crippen molar-refractivity contribution < 1.29 is 0 Å². The minimum Gasteiger partial charge on any atom is -0.172 e. The van der Waals surface area contributed by atoms with E-state index in [1.807, 2.05) is 73.0 Å². The largest absolute Gasteiger partial charge is 0.206 e. The average Bonchev–Trinajstić information content (AvgIpc) is 2.63. The molecule has 0 aromatic heterocycles. The molecule has 0 amide bonds. The molecule has 0 spiro atoms. The van der Waals surface area contributed by atoms with Crippen LogP contribution in [-0.2, 0) is 0 Å². The maximum Gasteiger partial charge on any atom is 0.206 e. The van der Waals surface area contributed by atoms with Crippen LogP contribution in [0.5, 0.6) is 0 Å². The van der Waals surface area contributed by atoms with Crippen LogP contribution in [0.2, 0.25) is 0 Å². The molecule has 110 valence electrons. The van der Waals surface area contributed by atoms with Crippen molar-refractivity contribution in [3.63, 3.8) is 0 Å². The molecule has 4 rings (SSSR count). The highest BCUT2D eigenvalue weighted by Gasteiger charge is 2.27. The Morgan fingerprint density at radius 1 is 0.583 bits per heavy atom. The molecule has 0 fully saturated rings. The first-order valence-corrected chi connectivity index (χ1v) is 7.40. The lowest BCUT2D eigenvalue weighted by atomic mass is 9.81. The minimum absolute atomic E-state index is 0.616. The van der Waals surface area contributed by atoms with Gasteiger partial charge in [-0.05, 0) is 22.9 Å². The summed E-state index contributed by atoms with van der Waals surface area (Å²) in [5, 5.41) is 20.4. The fourth-order valence-electron chi connectivity index (χ4n) is 3.16. The number of fused-ring (bicyclic) bond motifs is 3. The fraction of sp³-hybridized carbons (Fsp3) is 0. The van der Waals surface area contributed by atoms with E-state index in [0.717, 1.165) is 33.0 Å². The Kier molecular flexibility index (Phi) is 3.16. The van der Waals surface area contributed by atoms with Crippen molar-refractivity contribution in [3.05, 3.63) is 82.9 Å². The van der Waals surface area contributed by atoms with E-state index >= 15 is 0 Å². The second-order valence-corrected chi connectivity index (χ2v) is 5.41. The first-order chi connectivity index (χ1) is 11.8. The summed E-state index contributed by atoms with van der Waals surface area (Å²) in [6.45, 7) is 0. The normalized spacial score (nSPS) is 15.6. The zero-order valence-electron chi connectivity index (χ0n) is 12.6. The van der Waals surface area contributed by atoms with Gasteiger partial charge in [0.1, 0.15) is 0 Å². The smallest absolute Gasteiger partial charge is 0.172 e. The van der Waals surface area contributed by atoms with Gasteiger partial charge in [-0.1, -0.05) is 48.5 Å². The number of nitrogens with zero attached hydrogens (tertiary/aromatic N) is 4. The summed E-state index contributed by atoms with van der Waals surface area (Å²) in [7, 11) is 0. The van der Waals surface area contributed by atoms with E-state index in [9.17, 15) is 0 Å². The van der Waals surface area contributed by atoms with Gasteiger partial charge in [0.2, 0.25) is 12.4 Å². The summed E-state index contributed by atoms with van der Waals surface area (Å²) in [5.41, 5.74) is 4.51. The lowest BCUT2D eigenvalue weighted by molar-refractivity contribution is 1.38. The predicted octanol–water partition coefficient (Wildman–Crippen LogP) is 3.79. The quantitative estimate of drug-likeness (QED) is 0.464. The van der Waals surface area contributed by atoms with E-state index in [-0.39, 0.29) is 0 Å². The maximum absolute atomic E-state index is 9.13. The van der Waals surface area contributed by atoms with Gasteiger partial charge in [-0.3, -0.25) is 0 Å². The van der Waals surface area contributed by atoms with Crippen LogP contribution in [0.25, 0.3) is 10.8 Å². The van der Waals surface area contributed by atoms with Crippen molar-refractivity contribution in [2.75, 3.05) is 0 Å². The molecule has 0 saturated carbocycles. The first-order valence-electron chi connectivity index (χ1n) is 7.40. The van der Waals surface area contributed by atoms with Crippen LogP contribution in [0.15, 0.2) is 70.6 Å². The molecule has 3 aromatic carbocycles. The highest BCUT2D eigenvalue weighted by Crippen LogP contribution is 2.31. The second-order valence-electron chi connectivity index (χ2n) is 5.41. The molecule has 4 nitrogen and oxygen atoms in total. The van der Waals surface area contributed by atoms with E-state index in [2.05, 4.69) is 9.98 Å². The number of nitriles is 2. The van der Waals surface area contributed by atoms with Crippen molar-refractivity contribution in [2.24, 2.45) is 9.98 Å². The molecule has 0 saturated heterocycles. The molecule has 1 aliphatic rings. The van der Waals surface area contributed by atoms with Crippen LogP contribution >= 0.6 is 0 Å². The number of rotatable bonds is 0. The van der Waals surface area contributed by atoms with Crippen LogP contribution in [0.3, 0.4) is 0 Å². The van der Waals surface area contributed by atoms with Crippen molar-refractivity contribution in [2.45, 2.75) is 0 Å².